The molecule has 0 spiro atoms. The van der Waals surface area contributed by atoms with E-state index in [-0.39, 0.29) is 11.7 Å². The predicted molar refractivity (Wildman–Crippen MR) is 156 cm³/mol. The smallest absolute Gasteiger partial charge is 0.343 e. The number of hydrogen-bond acceptors (Lipinski definition) is 7. The van der Waals surface area contributed by atoms with Crippen molar-refractivity contribution in [1.29, 1.82) is 0 Å². The van der Waals surface area contributed by atoms with Gasteiger partial charge >= 0.3 is 5.97 Å². The first-order chi connectivity index (χ1) is 19.5. The molecule has 0 radical (unpaired) electrons. The number of carbonyl (C=O) groups is 3. The van der Waals surface area contributed by atoms with Gasteiger partial charge in [-0.05, 0) is 76.7 Å². The maximum atomic E-state index is 13.9. The van der Waals surface area contributed by atoms with Crippen molar-refractivity contribution in [3.63, 3.8) is 0 Å². The van der Waals surface area contributed by atoms with Gasteiger partial charge in [0, 0.05) is 3.57 Å². The summed E-state index contributed by atoms with van der Waals surface area (Å²) in [5.41, 5.74) is 2.30. The summed E-state index contributed by atoms with van der Waals surface area (Å²) in [6, 6.07) is 29.7. The molecule has 2 aliphatic heterocycles. The van der Waals surface area contributed by atoms with E-state index in [9.17, 15) is 14.4 Å². The predicted octanol–water partition coefficient (Wildman–Crippen LogP) is 5.57. The number of esters is 1. The van der Waals surface area contributed by atoms with E-state index < -0.39 is 29.9 Å². The Bertz CT molecular complexity index is 1600. The average Bonchev–Trinajstić information content (AvgIpc) is 3.50. The minimum absolute atomic E-state index is 0.233. The highest BCUT2D eigenvalue weighted by atomic mass is 127. The third-order valence-corrected chi connectivity index (χ3v) is 7.87. The van der Waals surface area contributed by atoms with Crippen molar-refractivity contribution < 1.29 is 28.7 Å². The van der Waals surface area contributed by atoms with Gasteiger partial charge in [-0.2, -0.15) is 0 Å². The fourth-order valence-electron chi connectivity index (χ4n) is 5.11. The molecule has 0 saturated carbocycles. The number of ether oxygens (including phenoxy) is 2. The molecule has 4 aromatic carbocycles. The molecule has 2 saturated heterocycles. The summed E-state index contributed by atoms with van der Waals surface area (Å²) in [6.07, 6.45) is -1.00. The number of hydrogen-bond donors (Lipinski definition) is 0. The highest BCUT2D eigenvalue weighted by Crippen LogP contribution is 2.49. The van der Waals surface area contributed by atoms with Crippen LogP contribution in [0.4, 0.5) is 11.4 Å². The molecular formula is C31H23IN2O6. The van der Waals surface area contributed by atoms with Gasteiger partial charge in [0.25, 0.3) is 5.91 Å². The summed E-state index contributed by atoms with van der Waals surface area (Å²) in [7, 11) is 1.48. The maximum absolute atomic E-state index is 13.9. The molecule has 0 N–H and O–H groups in total. The lowest BCUT2D eigenvalue weighted by Gasteiger charge is -2.29. The Morgan fingerprint density at radius 1 is 0.825 bits per heavy atom. The molecule has 200 valence electrons. The number of benzene rings is 4. The number of halogens is 1. The first-order valence-electron chi connectivity index (χ1n) is 12.6. The summed E-state index contributed by atoms with van der Waals surface area (Å²) in [6.45, 7) is 0. The van der Waals surface area contributed by atoms with E-state index in [0.717, 1.165) is 3.57 Å². The third kappa shape index (κ3) is 4.50. The molecule has 6 rings (SSSR count). The third-order valence-electron chi connectivity index (χ3n) is 6.96. The second-order valence-corrected chi connectivity index (χ2v) is 10.4. The Morgan fingerprint density at radius 2 is 1.50 bits per heavy atom. The SMILES string of the molecule is COc1cc([C@H]2[C@@H]3C(=O)N(c4ccccc4I)C(=O)[C@H]3ON2c2ccccc2)ccc1OC(=O)c1ccccc1. The molecule has 0 unspecified atom stereocenters. The van der Waals surface area contributed by atoms with Crippen LogP contribution in [0.1, 0.15) is 22.0 Å². The normalized spacial score (nSPS) is 20.0. The minimum Gasteiger partial charge on any atom is -0.493 e. The summed E-state index contributed by atoms with van der Waals surface area (Å²) >= 11 is 2.12. The van der Waals surface area contributed by atoms with Crippen LogP contribution in [0.15, 0.2) is 103 Å². The molecule has 2 aliphatic rings. The van der Waals surface area contributed by atoms with Crippen LogP contribution >= 0.6 is 22.6 Å². The first-order valence-corrected chi connectivity index (χ1v) is 13.6. The molecule has 3 atom stereocenters. The first kappa shape index (κ1) is 26.0. The monoisotopic (exact) mass is 646 g/mol. The van der Waals surface area contributed by atoms with Gasteiger partial charge in [-0.15, -0.1) is 0 Å². The fraction of sp³-hybridized carbons (Fsp3) is 0.129. The fourth-order valence-corrected chi connectivity index (χ4v) is 5.74. The second-order valence-electron chi connectivity index (χ2n) is 9.29. The zero-order valence-electron chi connectivity index (χ0n) is 21.3. The Labute approximate surface area is 244 Å². The topological polar surface area (TPSA) is 85.4 Å². The Balaban J connectivity index is 1.39. The molecule has 0 bridgehead atoms. The number of methoxy groups -OCH3 is 1. The summed E-state index contributed by atoms with van der Waals surface area (Å²) < 4.78 is 12.0. The van der Waals surface area contributed by atoms with E-state index in [0.29, 0.717) is 28.3 Å². The molecule has 40 heavy (non-hydrogen) atoms. The van der Waals surface area contributed by atoms with Gasteiger partial charge in [0.15, 0.2) is 17.6 Å². The molecule has 2 heterocycles. The number of imide groups is 1. The van der Waals surface area contributed by atoms with E-state index in [4.69, 9.17) is 14.3 Å². The highest BCUT2D eigenvalue weighted by Gasteiger charge is 2.60. The average molecular weight is 646 g/mol. The van der Waals surface area contributed by atoms with Gasteiger partial charge < -0.3 is 9.47 Å². The van der Waals surface area contributed by atoms with Crippen LogP contribution in [0.2, 0.25) is 0 Å². The summed E-state index contributed by atoms with van der Waals surface area (Å²) in [5, 5.41) is 1.61. The van der Waals surface area contributed by atoms with Crippen LogP contribution in [0.25, 0.3) is 0 Å². The van der Waals surface area contributed by atoms with Crippen molar-refractivity contribution in [3.8, 4) is 11.5 Å². The molecule has 8 nitrogen and oxygen atoms in total. The van der Waals surface area contributed by atoms with Crippen molar-refractivity contribution in [2.45, 2.75) is 12.1 Å². The van der Waals surface area contributed by atoms with Gasteiger partial charge in [-0.1, -0.05) is 54.6 Å². The second kappa shape index (κ2) is 10.7. The number of amides is 2. The Hall–Kier alpha value is -4.22. The van der Waals surface area contributed by atoms with Crippen LogP contribution in [0.5, 0.6) is 11.5 Å². The van der Waals surface area contributed by atoms with Gasteiger partial charge in [0.05, 0.1) is 30.1 Å². The minimum atomic E-state index is -1.00. The standard InChI is InChI=1S/C31H23IN2O6/c1-38-25-18-20(16-17-24(25)39-31(37)19-10-4-2-5-11-19)27-26-28(40-34(27)21-12-6-3-7-13-21)30(36)33(29(26)35)23-15-9-8-14-22(23)32/h2-18,26-28H,1H3/t26-,27-,28-/m0/s1. The van der Waals surface area contributed by atoms with E-state index in [1.54, 1.807) is 59.7 Å². The van der Waals surface area contributed by atoms with Gasteiger partial charge in [0.1, 0.15) is 5.92 Å². The number of para-hydroxylation sites is 2. The quantitative estimate of drug-likeness (QED) is 0.117. The molecule has 2 amide bonds. The van der Waals surface area contributed by atoms with E-state index in [2.05, 4.69) is 22.6 Å². The lowest BCUT2D eigenvalue weighted by Crippen LogP contribution is -2.37. The number of anilines is 2. The maximum Gasteiger partial charge on any atom is 0.343 e. The summed E-state index contributed by atoms with van der Waals surface area (Å²) in [5.74, 6) is -1.55. The van der Waals surface area contributed by atoms with Crippen LogP contribution in [0, 0.1) is 9.49 Å². The molecule has 9 heteroatoms. The lowest BCUT2D eigenvalue weighted by atomic mass is 9.90. The van der Waals surface area contributed by atoms with Crippen LogP contribution in [-0.4, -0.2) is 31.0 Å². The van der Waals surface area contributed by atoms with Crippen molar-refractivity contribution in [1.82, 2.24) is 0 Å². The molecule has 0 aromatic heterocycles. The van der Waals surface area contributed by atoms with E-state index in [1.165, 1.54) is 12.0 Å². The molecule has 2 fully saturated rings. The van der Waals surface area contributed by atoms with Crippen molar-refractivity contribution >= 4 is 51.7 Å². The van der Waals surface area contributed by atoms with Crippen molar-refractivity contribution in [2.75, 3.05) is 17.1 Å². The van der Waals surface area contributed by atoms with Crippen LogP contribution in [-0.2, 0) is 14.4 Å². The van der Waals surface area contributed by atoms with E-state index >= 15 is 0 Å². The number of carbonyl (C=O) groups excluding carboxylic acids is 3. The molecule has 0 aliphatic carbocycles. The highest BCUT2D eigenvalue weighted by molar-refractivity contribution is 14.1. The number of nitrogens with zero attached hydrogens (tertiary/aromatic N) is 2. The Morgan fingerprint density at radius 3 is 2.20 bits per heavy atom. The molecule has 4 aromatic rings. The van der Waals surface area contributed by atoms with Gasteiger partial charge in [-0.3, -0.25) is 14.4 Å². The zero-order chi connectivity index (χ0) is 27.8. The van der Waals surface area contributed by atoms with E-state index in [1.807, 2.05) is 48.5 Å². The van der Waals surface area contributed by atoms with Crippen LogP contribution < -0.4 is 19.4 Å². The van der Waals surface area contributed by atoms with Crippen LogP contribution in [0.3, 0.4) is 0 Å². The number of hydroxylamine groups is 1. The van der Waals surface area contributed by atoms with Crippen molar-refractivity contribution in [3.05, 3.63) is 118 Å². The zero-order valence-corrected chi connectivity index (χ0v) is 23.4. The number of rotatable bonds is 6. The molecular weight excluding hydrogens is 623 g/mol. The van der Waals surface area contributed by atoms with Crippen molar-refractivity contribution in [2.24, 2.45) is 5.92 Å². The van der Waals surface area contributed by atoms with Gasteiger partial charge in [0.2, 0.25) is 5.91 Å². The Kier molecular flexibility index (Phi) is 6.99. The number of fused-ring (bicyclic) bond motifs is 1. The summed E-state index contributed by atoms with van der Waals surface area (Å²) in [4.78, 5) is 47.7. The largest absolute Gasteiger partial charge is 0.493 e. The van der Waals surface area contributed by atoms with Gasteiger partial charge in [-0.25, -0.2) is 14.8 Å². The lowest BCUT2D eigenvalue weighted by molar-refractivity contribution is -0.126.